The molecule has 0 saturated carbocycles. The highest BCUT2D eigenvalue weighted by molar-refractivity contribution is 6.33. The van der Waals surface area contributed by atoms with Gasteiger partial charge in [0.15, 0.2) is 5.69 Å². The van der Waals surface area contributed by atoms with Crippen molar-refractivity contribution >= 4 is 23.5 Å². The van der Waals surface area contributed by atoms with Crippen molar-refractivity contribution in [3.63, 3.8) is 0 Å². The zero-order chi connectivity index (χ0) is 16.2. The lowest BCUT2D eigenvalue weighted by atomic mass is 10.2. The van der Waals surface area contributed by atoms with Gasteiger partial charge in [0.05, 0.1) is 11.2 Å². The zero-order valence-corrected chi connectivity index (χ0v) is 13.4. The Morgan fingerprint density at radius 3 is 2.43 bits per heavy atom. The van der Waals surface area contributed by atoms with Crippen LogP contribution in [0.5, 0.6) is 0 Å². The molecule has 1 rings (SSSR count). The smallest absolute Gasteiger partial charge is 0.323 e. The predicted molar refractivity (Wildman–Crippen MR) is 79.5 cm³/mol. The number of halogens is 1. The molecule has 7 heteroatoms. The molecule has 0 saturated heterocycles. The minimum atomic E-state index is -1.07. The number of hydrogen-bond donors (Lipinski definition) is 1. The first-order valence-electron chi connectivity index (χ1n) is 6.75. The number of nitrogens with zero attached hydrogens (tertiary/aromatic N) is 3. The number of aromatic nitrogens is 2. The number of carbonyl (C=O) groups excluding carboxylic acids is 1. The molecule has 0 atom stereocenters. The molecule has 1 amide bonds. The van der Waals surface area contributed by atoms with Gasteiger partial charge in [-0.2, -0.15) is 0 Å². The molecule has 21 heavy (non-hydrogen) atoms. The van der Waals surface area contributed by atoms with Gasteiger partial charge in [-0.15, -0.1) is 0 Å². The van der Waals surface area contributed by atoms with Crippen LogP contribution in [0.2, 0.25) is 5.02 Å². The molecule has 116 valence electrons. The molecule has 0 spiro atoms. The van der Waals surface area contributed by atoms with Gasteiger partial charge in [-0.05, 0) is 5.92 Å². The Morgan fingerprint density at radius 2 is 1.95 bits per heavy atom. The van der Waals surface area contributed by atoms with Crippen molar-refractivity contribution in [2.45, 2.75) is 33.6 Å². The van der Waals surface area contributed by atoms with Crippen LogP contribution in [-0.4, -0.2) is 44.9 Å². The molecule has 1 N–H and O–H groups in total. The van der Waals surface area contributed by atoms with E-state index in [1.165, 1.54) is 11.1 Å². The Bertz CT molecular complexity index is 532. The van der Waals surface area contributed by atoms with Crippen LogP contribution < -0.4 is 0 Å². The van der Waals surface area contributed by atoms with Gasteiger partial charge in [0.2, 0.25) is 0 Å². The van der Waals surface area contributed by atoms with Crippen molar-refractivity contribution in [1.29, 1.82) is 0 Å². The average Bonchev–Trinajstić information content (AvgIpc) is 2.36. The third-order valence-corrected chi connectivity index (χ3v) is 2.96. The zero-order valence-electron chi connectivity index (χ0n) is 12.6. The molecule has 6 nitrogen and oxygen atoms in total. The maximum Gasteiger partial charge on any atom is 0.323 e. The summed E-state index contributed by atoms with van der Waals surface area (Å²) < 4.78 is 0. The minimum absolute atomic E-state index is 0.0480. The summed E-state index contributed by atoms with van der Waals surface area (Å²) in [5, 5.41) is 9.07. The Hall–Kier alpha value is -1.69. The van der Waals surface area contributed by atoms with Crippen LogP contribution in [-0.2, 0) is 4.79 Å². The van der Waals surface area contributed by atoms with Crippen LogP contribution in [0.25, 0.3) is 0 Å². The molecule has 0 aromatic carbocycles. The number of carboxylic acids is 1. The van der Waals surface area contributed by atoms with Crippen molar-refractivity contribution in [3.05, 3.63) is 22.7 Å². The first kappa shape index (κ1) is 17.4. The van der Waals surface area contributed by atoms with Crippen molar-refractivity contribution in [3.8, 4) is 0 Å². The third-order valence-electron chi connectivity index (χ3n) is 2.68. The van der Waals surface area contributed by atoms with Crippen molar-refractivity contribution in [1.82, 2.24) is 14.9 Å². The highest BCUT2D eigenvalue weighted by atomic mass is 35.5. The van der Waals surface area contributed by atoms with E-state index in [2.05, 4.69) is 9.97 Å². The third kappa shape index (κ3) is 4.97. The van der Waals surface area contributed by atoms with Gasteiger partial charge in [0, 0.05) is 12.5 Å². The van der Waals surface area contributed by atoms with E-state index < -0.39 is 11.9 Å². The van der Waals surface area contributed by atoms with Crippen LogP contribution >= 0.6 is 11.6 Å². The SMILES string of the molecule is CC(C)CN(CC(=O)O)C(=O)c1nc(C(C)C)ncc1Cl. The average molecular weight is 314 g/mol. The molecule has 1 aromatic heterocycles. The second kappa shape index (κ2) is 7.36. The largest absolute Gasteiger partial charge is 0.480 e. The number of hydrogen-bond acceptors (Lipinski definition) is 4. The molecule has 1 heterocycles. The van der Waals surface area contributed by atoms with Crippen molar-refractivity contribution in [2.75, 3.05) is 13.1 Å². The Balaban J connectivity index is 3.12. The molecule has 1 aromatic rings. The lowest BCUT2D eigenvalue weighted by Crippen LogP contribution is -2.39. The summed E-state index contributed by atoms with van der Waals surface area (Å²) in [6.45, 7) is 7.56. The summed E-state index contributed by atoms with van der Waals surface area (Å²) in [5.41, 5.74) is 0.0530. The Morgan fingerprint density at radius 1 is 1.33 bits per heavy atom. The molecule has 0 aliphatic carbocycles. The van der Waals surface area contributed by atoms with E-state index >= 15 is 0 Å². The van der Waals surface area contributed by atoms with Gasteiger partial charge in [0.1, 0.15) is 12.4 Å². The number of carboxylic acid groups (broad SMARTS) is 1. The summed E-state index contributed by atoms with van der Waals surface area (Å²) in [5.74, 6) is -0.869. The Kier molecular flexibility index (Phi) is 6.08. The molecule has 0 aliphatic heterocycles. The molecule has 0 bridgehead atoms. The quantitative estimate of drug-likeness (QED) is 0.872. The molecular weight excluding hydrogens is 294 g/mol. The predicted octanol–water partition coefficient (Wildman–Crippen LogP) is 2.44. The van der Waals surface area contributed by atoms with Crippen molar-refractivity contribution in [2.24, 2.45) is 5.92 Å². The second-order valence-electron chi connectivity index (χ2n) is 5.55. The number of carbonyl (C=O) groups is 2. The first-order valence-corrected chi connectivity index (χ1v) is 7.13. The van der Waals surface area contributed by atoms with E-state index in [1.807, 2.05) is 27.7 Å². The van der Waals surface area contributed by atoms with Crippen LogP contribution in [0.4, 0.5) is 0 Å². The van der Waals surface area contributed by atoms with Crippen LogP contribution in [0.15, 0.2) is 6.20 Å². The number of aliphatic carboxylic acids is 1. The fraction of sp³-hybridized carbons (Fsp3) is 0.571. The van der Waals surface area contributed by atoms with E-state index in [0.29, 0.717) is 12.4 Å². The van der Waals surface area contributed by atoms with E-state index in [-0.39, 0.29) is 29.1 Å². The highest BCUT2D eigenvalue weighted by Gasteiger charge is 2.24. The number of amides is 1. The van der Waals surface area contributed by atoms with E-state index in [9.17, 15) is 9.59 Å². The lowest BCUT2D eigenvalue weighted by molar-refractivity contribution is -0.137. The summed E-state index contributed by atoms with van der Waals surface area (Å²) in [7, 11) is 0. The van der Waals surface area contributed by atoms with Gasteiger partial charge in [-0.25, -0.2) is 9.97 Å². The van der Waals surface area contributed by atoms with Crippen LogP contribution in [0, 0.1) is 5.92 Å². The maximum atomic E-state index is 12.5. The van der Waals surface area contributed by atoms with Gasteiger partial charge in [0.25, 0.3) is 5.91 Å². The molecule has 0 fully saturated rings. The molecule has 0 radical (unpaired) electrons. The summed E-state index contributed by atoms with van der Waals surface area (Å²) in [6.07, 6.45) is 1.38. The highest BCUT2D eigenvalue weighted by Crippen LogP contribution is 2.18. The molecular formula is C14H20ClN3O3. The van der Waals surface area contributed by atoms with Gasteiger partial charge >= 0.3 is 5.97 Å². The van der Waals surface area contributed by atoms with Crippen LogP contribution in [0.3, 0.4) is 0 Å². The monoisotopic (exact) mass is 313 g/mol. The van der Waals surface area contributed by atoms with E-state index in [4.69, 9.17) is 16.7 Å². The summed E-state index contributed by atoms with van der Waals surface area (Å²) in [6, 6.07) is 0. The van der Waals surface area contributed by atoms with Gasteiger partial charge in [-0.3, -0.25) is 9.59 Å². The topological polar surface area (TPSA) is 83.4 Å². The normalized spacial score (nSPS) is 11.0. The minimum Gasteiger partial charge on any atom is -0.480 e. The lowest BCUT2D eigenvalue weighted by Gasteiger charge is -2.23. The van der Waals surface area contributed by atoms with Crippen LogP contribution in [0.1, 0.15) is 49.9 Å². The fourth-order valence-corrected chi connectivity index (χ4v) is 1.95. The van der Waals surface area contributed by atoms with Gasteiger partial charge < -0.3 is 10.0 Å². The second-order valence-corrected chi connectivity index (χ2v) is 5.96. The summed E-state index contributed by atoms with van der Waals surface area (Å²) >= 11 is 5.99. The van der Waals surface area contributed by atoms with E-state index in [1.54, 1.807) is 0 Å². The van der Waals surface area contributed by atoms with E-state index in [0.717, 1.165) is 0 Å². The van der Waals surface area contributed by atoms with Gasteiger partial charge in [-0.1, -0.05) is 39.3 Å². The Labute approximate surface area is 129 Å². The molecule has 0 aliphatic rings. The fourth-order valence-electron chi connectivity index (χ4n) is 1.78. The number of rotatable bonds is 6. The molecule has 0 unspecified atom stereocenters. The summed E-state index contributed by atoms with van der Waals surface area (Å²) in [4.78, 5) is 32.9. The standard InChI is InChI=1S/C14H20ClN3O3/c1-8(2)6-18(7-11(19)20)14(21)12-10(15)5-16-13(17-12)9(3)4/h5,8-9H,6-7H2,1-4H3,(H,19,20). The first-order chi connectivity index (χ1) is 9.72. The maximum absolute atomic E-state index is 12.5. The van der Waals surface area contributed by atoms with Crippen molar-refractivity contribution < 1.29 is 14.7 Å².